The van der Waals surface area contributed by atoms with Crippen LogP contribution in [0.5, 0.6) is 0 Å². The Morgan fingerprint density at radius 1 is 1.23 bits per heavy atom. The standard InChI is InChI=1S/C17H27N9/c1-3-18-17(22-14-5-7-15-20-11-21-26(15)10-14)19-8-13-4-6-16-24-23-12(2)25(16)9-13/h11,13-14H,3-10H2,1-2H3,(H2,18,19,22). The highest BCUT2D eigenvalue weighted by atomic mass is 15.4. The van der Waals surface area contributed by atoms with Gasteiger partial charge < -0.3 is 15.2 Å². The third kappa shape index (κ3) is 3.56. The molecule has 2 aromatic rings. The number of nitrogens with zero attached hydrogens (tertiary/aromatic N) is 7. The maximum Gasteiger partial charge on any atom is 0.191 e. The molecule has 0 aliphatic carbocycles. The number of fused-ring (bicyclic) bond motifs is 2. The fraction of sp³-hybridized carbons (Fsp3) is 0.706. The van der Waals surface area contributed by atoms with Gasteiger partial charge in [-0.05, 0) is 32.6 Å². The minimum Gasteiger partial charge on any atom is -0.357 e. The Kier molecular flexibility index (Phi) is 4.85. The molecule has 0 radical (unpaired) electrons. The lowest BCUT2D eigenvalue weighted by Crippen LogP contribution is -2.47. The zero-order valence-corrected chi connectivity index (χ0v) is 15.5. The van der Waals surface area contributed by atoms with Gasteiger partial charge in [0.1, 0.15) is 23.8 Å². The van der Waals surface area contributed by atoms with Crippen LogP contribution in [0.3, 0.4) is 0 Å². The van der Waals surface area contributed by atoms with Gasteiger partial charge in [-0.3, -0.25) is 4.99 Å². The topological polar surface area (TPSA) is 97.8 Å². The van der Waals surface area contributed by atoms with Gasteiger partial charge in [-0.25, -0.2) is 9.67 Å². The molecule has 2 aliphatic rings. The second-order valence-corrected chi connectivity index (χ2v) is 7.14. The van der Waals surface area contributed by atoms with Gasteiger partial charge in [0, 0.05) is 38.5 Å². The number of guanidine groups is 1. The first-order chi connectivity index (χ1) is 12.7. The number of aromatic nitrogens is 6. The molecule has 9 nitrogen and oxygen atoms in total. The maximum atomic E-state index is 4.86. The largest absolute Gasteiger partial charge is 0.357 e. The Labute approximate surface area is 153 Å². The molecule has 2 N–H and O–H groups in total. The molecule has 0 bridgehead atoms. The fourth-order valence-corrected chi connectivity index (χ4v) is 3.77. The summed E-state index contributed by atoms with van der Waals surface area (Å²) in [6.07, 6.45) is 5.75. The summed E-state index contributed by atoms with van der Waals surface area (Å²) in [5, 5.41) is 19.7. The van der Waals surface area contributed by atoms with E-state index in [1.165, 1.54) is 0 Å². The predicted octanol–water partition coefficient (Wildman–Crippen LogP) is 0.311. The Bertz CT molecular complexity index is 775. The van der Waals surface area contributed by atoms with Crippen molar-refractivity contribution in [2.24, 2.45) is 10.9 Å². The zero-order valence-electron chi connectivity index (χ0n) is 15.5. The normalized spacial score (nSPS) is 22.6. The highest BCUT2D eigenvalue weighted by Crippen LogP contribution is 2.20. The number of rotatable bonds is 4. The summed E-state index contributed by atoms with van der Waals surface area (Å²) in [5.74, 6) is 4.61. The molecule has 140 valence electrons. The van der Waals surface area contributed by atoms with Crippen LogP contribution in [0.15, 0.2) is 11.3 Å². The smallest absolute Gasteiger partial charge is 0.191 e. The Balaban J connectivity index is 1.37. The lowest BCUT2D eigenvalue weighted by atomic mass is 9.99. The highest BCUT2D eigenvalue weighted by molar-refractivity contribution is 5.80. The second-order valence-electron chi connectivity index (χ2n) is 7.14. The van der Waals surface area contributed by atoms with E-state index in [1.54, 1.807) is 6.33 Å². The van der Waals surface area contributed by atoms with Crippen molar-refractivity contribution in [2.75, 3.05) is 13.1 Å². The monoisotopic (exact) mass is 357 g/mol. The van der Waals surface area contributed by atoms with Gasteiger partial charge in [0.05, 0.1) is 6.54 Å². The first-order valence-corrected chi connectivity index (χ1v) is 9.53. The van der Waals surface area contributed by atoms with Gasteiger partial charge in [0.15, 0.2) is 5.96 Å². The van der Waals surface area contributed by atoms with Crippen LogP contribution in [0.4, 0.5) is 0 Å². The maximum absolute atomic E-state index is 4.86. The van der Waals surface area contributed by atoms with Crippen LogP contribution in [-0.4, -0.2) is 54.6 Å². The Morgan fingerprint density at radius 3 is 3.00 bits per heavy atom. The molecule has 0 saturated heterocycles. The van der Waals surface area contributed by atoms with Crippen LogP contribution < -0.4 is 10.6 Å². The van der Waals surface area contributed by atoms with E-state index in [0.29, 0.717) is 12.0 Å². The van der Waals surface area contributed by atoms with Crippen molar-refractivity contribution in [3.63, 3.8) is 0 Å². The molecule has 2 aliphatic heterocycles. The van der Waals surface area contributed by atoms with Crippen molar-refractivity contribution in [3.8, 4) is 0 Å². The van der Waals surface area contributed by atoms with Gasteiger partial charge in [0.2, 0.25) is 0 Å². The summed E-state index contributed by atoms with van der Waals surface area (Å²) in [4.78, 5) is 9.15. The molecule has 26 heavy (non-hydrogen) atoms. The lowest BCUT2D eigenvalue weighted by molar-refractivity contribution is 0.367. The van der Waals surface area contributed by atoms with E-state index in [4.69, 9.17) is 4.99 Å². The number of nitrogens with one attached hydrogen (secondary N) is 2. The molecule has 0 fully saturated rings. The first kappa shape index (κ1) is 17.0. The van der Waals surface area contributed by atoms with E-state index >= 15 is 0 Å². The van der Waals surface area contributed by atoms with Gasteiger partial charge in [-0.1, -0.05) is 0 Å². The van der Waals surface area contributed by atoms with Crippen LogP contribution in [0, 0.1) is 12.8 Å². The van der Waals surface area contributed by atoms with E-state index in [9.17, 15) is 0 Å². The third-order valence-electron chi connectivity index (χ3n) is 5.23. The average molecular weight is 357 g/mol. The Hall–Kier alpha value is -2.45. The van der Waals surface area contributed by atoms with Crippen LogP contribution in [-0.2, 0) is 25.9 Å². The quantitative estimate of drug-likeness (QED) is 0.604. The van der Waals surface area contributed by atoms with E-state index in [1.807, 2.05) is 11.6 Å². The molecular weight excluding hydrogens is 330 g/mol. The van der Waals surface area contributed by atoms with Crippen molar-refractivity contribution in [1.29, 1.82) is 0 Å². The van der Waals surface area contributed by atoms with E-state index in [2.05, 4.69) is 42.4 Å². The minimum absolute atomic E-state index is 0.333. The van der Waals surface area contributed by atoms with Crippen LogP contribution in [0.2, 0.25) is 0 Å². The summed E-state index contributed by atoms with van der Waals surface area (Å²) >= 11 is 0. The molecule has 0 spiro atoms. The van der Waals surface area contributed by atoms with Crippen LogP contribution in [0.1, 0.15) is 37.2 Å². The number of hydrogen-bond acceptors (Lipinski definition) is 5. The number of aliphatic imine (C=N–C) groups is 1. The lowest BCUT2D eigenvalue weighted by Gasteiger charge is -2.26. The highest BCUT2D eigenvalue weighted by Gasteiger charge is 2.23. The molecule has 2 aromatic heterocycles. The summed E-state index contributed by atoms with van der Waals surface area (Å²) in [5.41, 5.74) is 0. The molecule has 0 saturated carbocycles. The summed E-state index contributed by atoms with van der Waals surface area (Å²) in [7, 11) is 0. The molecule has 0 amide bonds. The molecule has 2 unspecified atom stereocenters. The van der Waals surface area contributed by atoms with Gasteiger partial charge in [-0.15, -0.1) is 10.2 Å². The number of aryl methyl sites for hydroxylation is 3. The van der Waals surface area contributed by atoms with Crippen LogP contribution in [0.25, 0.3) is 0 Å². The van der Waals surface area contributed by atoms with Crippen molar-refractivity contribution >= 4 is 5.96 Å². The van der Waals surface area contributed by atoms with Crippen LogP contribution >= 0.6 is 0 Å². The molecule has 0 aromatic carbocycles. The van der Waals surface area contributed by atoms with Gasteiger partial charge in [-0.2, -0.15) is 5.10 Å². The van der Waals surface area contributed by atoms with Crippen molar-refractivity contribution < 1.29 is 0 Å². The van der Waals surface area contributed by atoms with Gasteiger partial charge >= 0.3 is 0 Å². The second kappa shape index (κ2) is 7.43. The summed E-state index contributed by atoms with van der Waals surface area (Å²) < 4.78 is 4.22. The van der Waals surface area contributed by atoms with Crippen molar-refractivity contribution in [3.05, 3.63) is 23.8 Å². The van der Waals surface area contributed by atoms with E-state index in [0.717, 1.165) is 75.3 Å². The SMILES string of the molecule is CCNC(=NCC1CCc2nnc(C)n2C1)NC1CCc2ncnn2C1. The van der Waals surface area contributed by atoms with E-state index < -0.39 is 0 Å². The van der Waals surface area contributed by atoms with Gasteiger partial charge in [0.25, 0.3) is 0 Å². The molecule has 9 heteroatoms. The minimum atomic E-state index is 0.333. The third-order valence-corrected chi connectivity index (χ3v) is 5.23. The molecular formula is C17H27N9. The molecule has 4 rings (SSSR count). The fourth-order valence-electron chi connectivity index (χ4n) is 3.77. The van der Waals surface area contributed by atoms with Crippen molar-refractivity contribution in [2.45, 2.75) is 58.7 Å². The summed E-state index contributed by atoms with van der Waals surface area (Å²) in [6, 6.07) is 0.333. The zero-order chi connectivity index (χ0) is 17.9. The number of hydrogen-bond donors (Lipinski definition) is 2. The Morgan fingerprint density at radius 2 is 2.12 bits per heavy atom. The first-order valence-electron chi connectivity index (χ1n) is 9.53. The summed E-state index contributed by atoms with van der Waals surface area (Å²) in [6.45, 7) is 7.59. The average Bonchev–Trinajstić information content (AvgIpc) is 3.26. The molecule has 2 atom stereocenters. The predicted molar refractivity (Wildman–Crippen MR) is 97.8 cm³/mol. The van der Waals surface area contributed by atoms with E-state index in [-0.39, 0.29) is 0 Å². The van der Waals surface area contributed by atoms with Crippen molar-refractivity contribution in [1.82, 2.24) is 40.2 Å². The molecule has 4 heterocycles.